The molecule has 0 bridgehead atoms. The second-order valence-electron chi connectivity index (χ2n) is 3.11. The summed E-state index contributed by atoms with van der Waals surface area (Å²) in [5.74, 6) is 0. The maximum atomic E-state index is 9.22. The Balaban J connectivity index is 2.76. The van der Waals surface area contributed by atoms with Crippen LogP contribution in [-0.4, -0.2) is 5.11 Å². The van der Waals surface area contributed by atoms with Crippen molar-refractivity contribution in [3.8, 4) is 0 Å². The molecule has 0 amide bonds. The summed E-state index contributed by atoms with van der Waals surface area (Å²) in [5.41, 5.74) is 8.73. The fourth-order valence-corrected chi connectivity index (χ4v) is 2.76. The fourth-order valence-electron chi connectivity index (χ4n) is 1.49. The lowest BCUT2D eigenvalue weighted by Crippen LogP contribution is -1.88. The predicted molar refractivity (Wildman–Crippen MR) is 64.8 cm³/mol. The summed E-state index contributed by atoms with van der Waals surface area (Å²) in [6, 6.07) is 4.07. The van der Waals surface area contributed by atoms with Gasteiger partial charge in [-0.15, -0.1) is 11.3 Å². The number of nitrogen functional groups attached to an aromatic ring is 1. The van der Waals surface area contributed by atoms with E-state index in [2.05, 4.69) is 22.0 Å². The molecule has 0 radical (unpaired) electrons. The lowest BCUT2D eigenvalue weighted by molar-refractivity contribution is 0.283. The number of hydrogen-bond donors (Lipinski definition) is 2. The van der Waals surface area contributed by atoms with Gasteiger partial charge in [0.2, 0.25) is 0 Å². The van der Waals surface area contributed by atoms with Crippen LogP contribution < -0.4 is 5.73 Å². The van der Waals surface area contributed by atoms with Gasteiger partial charge in [-0.2, -0.15) is 0 Å². The molecular formula is C10H10BrNOS. The summed E-state index contributed by atoms with van der Waals surface area (Å²) in [6.07, 6.45) is 0. The molecule has 2 rings (SSSR count). The van der Waals surface area contributed by atoms with E-state index in [1.54, 1.807) is 11.3 Å². The number of halogens is 1. The van der Waals surface area contributed by atoms with Crippen LogP contribution in [0.3, 0.4) is 0 Å². The van der Waals surface area contributed by atoms with Crippen LogP contribution in [0.4, 0.5) is 5.69 Å². The van der Waals surface area contributed by atoms with E-state index in [1.807, 2.05) is 11.4 Å². The monoisotopic (exact) mass is 271 g/mol. The summed E-state index contributed by atoms with van der Waals surface area (Å²) in [7, 11) is 0. The summed E-state index contributed by atoms with van der Waals surface area (Å²) < 4.78 is 1.09. The van der Waals surface area contributed by atoms with Crippen LogP contribution >= 0.6 is 27.3 Å². The number of aliphatic hydroxyl groups is 1. The van der Waals surface area contributed by atoms with E-state index >= 15 is 0 Å². The fraction of sp³-hybridized carbons (Fsp3) is 0.200. The number of aliphatic hydroxyl groups excluding tert-OH is 1. The Morgan fingerprint density at radius 3 is 2.86 bits per heavy atom. The highest BCUT2D eigenvalue weighted by Gasteiger charge is 2.07. The average molecular weight is 272 g/mol. The molecule has 14 heavy (non-hydrogen) atoms. The Morgan fingerprint density at radius 1 is 1.43 bits per heavy atom. The second-order valence-corrected chi connectivity index (χ2v) is 4.55. The molecule has 0 atom stereocenters. The van der Waals surface area contributed by atoms with E-state index in [4.69, 9.17) is 5.73 Å². The molecule has 2 aromatic rings. The summed E-state index contributed by atoms with van der Waals surface area (Å²) in [6.45, 7) is 0.0668. The molecule has 1 aromatic heterocycles. The van der Waals surface area contributed by atoms with Crippen LogP contribution in [-0.2, 0) is 11.9 Å². The highest BCUT2D eigenvalue weighted by Crippen LogP contribution is 2.32. The third-order valence-electron chi connectivity index (χ3n) is 2.17. The number of nitrogens with two attached hydrogens (primary N) is 1. The van der Waals surface area contributed by atoms with Gasteiger partial charge in [0, 0.05) is 20.8 Å². The van der Waals surface area contributed by atoms with Crippen molar-refractivity contribution in [2.45, 2.75) is 11.9 Å². The smallest absolute Gasteiger partial charge is 0.0695 e. The predicted octanol–water partition coefficient (Wildman–Crippen LogP) is 2.87. The van der Waals surface area contributed by atoms with Gasteiger partial charge in [0.25, 0.3) is 0 Å². The zero-order chi connectivity index (χ0) is 10.1. The Bertz CT molecular complexity index is 466. The lowest BCUT2D eigenvalue weighted by atomic mass is 10.1. The Hall–Kier alpha value is -0.580. The molecule has 0 saturated heterocycles. The number of fused-ring (bicyclic) bond motifs is 1. The zero-order valence-corrected chi connectivity index (χ0v) is 9.86. The minimum absolute atomic E-state index is 0.0668. The first-order chi connectivity index (χ1) is 6.76. The van der Waals surface area contributed by atoms with Crippen molar-refractivity contribution >= 4 is 43.0 Å². The lowest BCUT2D eigenvalue weighted by Gasteiger charge is -2.03. The van der Waals surface area contributed by atoms with Crippen LogP contribution in [0.25, 0.3) is 10.1 Å². The molecule has 0 saturated carbocycles. The van der Waals surface area contributed by atoms with Crippen molar-refractivity contribution < 1.29 is 5.11 Å². The van der Waals surface area contributed by atoms with Crippen molar-refractivity contribution in [1.82, 2.24) is 0 Å². The first kappa shape index (κ1) is 9.96. The SMILES string of the molecule is Nc1csc2c(CO)cc(CBr)cc12. The van der Waals surface area contributed by atoms with Gasteiger partial charge in [-0.1, -0.05) is 22.0 Å². The molecule has 0 unspecified atom stereocenters. The highest BCUT2D eigenvalue weighted by atomic mass is 79.9. The molecule has 0 spiro atoms. The van der Waals surface area contributed by atoms with Crippen LogP contribution in [0.15, 0.2) is 17.5 Å². The van der Waals surface area contributed by atoms with Crippen molar-refractivity contribution in [2.24, 2.45) is 0 Å². The van der Waals surface area contributed by atoms with Crippen LogP contribution in [0.1, 0.15) is 11.1 Å². The van der Waals surface area contributed by atoms with E-state index in [-0.39, 0.29) is 6.61 Å². The minimum atomic E-state index is 0.0668. The zero-order valence-electron chi connectivity index (χ0n) is 7.46. The van der Waals surface area contributed by atoms with E-state index in [1.165, 1.54) is 0 Å². The largest absolute Gasteiger partial charge is 0.398 e. The number of rotatable bonds is 2. The van der Waals surface area contributed by atoms with Crippen molar-refractivity contribution in [1.29, 1.82) is 0 Å². The molecule has 0 fully saturated rings. The third-order valence-corrected chi connectivity index (χ3v) is 3.90. The molecule has 0 aliphatic carbocycles. The third kappa shape index (κ3) is 1.54. The maximum Gasteiger partial charge on any atom is 0.0695 e. The standard InChI is InChI=1S/C10H10BrNOS/c11-3-6-1-7(4-13)10-8(2-6)9(12)5-14-10/h1-2,5,13H,3-4,12H2. The molecule has 1 aromatic carbocycles. The number of alkyl halides is 1. The van der Waals surface area contributed by atoms with E-state index in [0.29, 0.717) is 0 Å². The normalized spacial score (nSPS) is 11.0. The summed E-state index contributed by atoms with van der Waals surface area (Å²) >= 11 is 4.98. The van der Waals surface area contributed by atoms with Gasteiger partial charge in [0.15, 0.2) is 0 Å². The van der Waals surface area contributed by atoms with Crippen LogP contribution in [0.5, 0.6) is 0 Å². The van der Waals surface area contributed by atoms with Crippen LogP contribution in [0.2, 0.25) is 0 Å². The first-order valence-electron chi connectivity index (χ1n) is 4.21. The molecule has 74 valence electrons. The van der Waals surface area contributed by atoms with E-state index < -0.39 is 0 Å². The second kappa shape index (κ2) is 3.88. The molecule has 0 aliphatic heterocycles. The highest BCUT2D eigenvalue weighted by molar-refractivity contribution is 9.08. The maximum absolute atomic E-state index is 9.22. The van der Waals surface area contributed by atoms with Gasteiger partial charge in [0.05, 0.1) is 12.3 Å². The Morgan fingerprint density at radius 2 is 2.21 bits per heavy atom. The van der Waals surface area contributed by atoms with Gasteiger partial charge < -0.3 is 10.8 Å². The number of thiophene rings is 1. The summed E-state index contributed by atoms with van der Waals surface area (Å²) in [4.78, 5) is 0. The topological polar surface area (TPSA) is 46.2 Å². The average Bonchev–Trinajstić information content (AvgIpc) is 2.59. The summed E-state index contributed by atoms with van der Waals surface area (Å²) in [5, 5.41) is 13.0. The van der Waals surface area contributed by atoms with Crippen molar-refractivity contribution in [3.05, 3.63) is 28.6 Å². The van der Waals surface area contributed by atoms with E-state index in [9.17, 15) is 5.11 Å². The van der Waals surface area contributed by atoms with Crippen LogP contribution in [0, 0.1) is 0 Å². The molecular weight excluding hydrogens is 262 g/mol. The number of benzene rings is 1. The number of hydrogen-bond acceptors (Lipinski definition) is 3. The van der Waals surface area contributed by atoms with E-state index in [0.717, 1.165) is 32.2 Å². The first-order valence-corrected chi connectivity index (χ1v) is 6.21. The number of anilines is 1. The minimum Gasteiger partial charge on any atom is -0.398 e. The molecule has 1 heterocycles. The van der Waals surface area contributed by atoms with Gasteiger partial charge in [0.1, 0.15) is 0 Å². The molecule has 4 heteroatoms. The molecule has 0 aliphatic rings. The van der Waals surface area contributed by atoms with Gasteiger partial charge in [-0.05, 0) is 17.2 Å². The van der Waals surface area contributed by atoms with Gasteiger partial charge in [-0.25, -0.2) is 0 Å². The Kier molecular flexibility index (Phi) is 2.76. The van der Waals surface area contributed by atoms with Gasteiger partial charge in [-0.3, -0.25) is 0 Å². The van der Waals surface area contributed by atoms with Crippen molar-refractivity contribution in [2.75, 3.05) is 5.73 Å². The molecule has 3 N–H and O–H groups in total. The Labute approximate surface area is 94.5 Å². The molecule has 2 nitrogen and oxygen atoms in total. The van der Waals surface area contributed by atoms with Gasteiger partial charge >= 0.3 is 0 Å². The van der Waals surface area contributed by atoms with Crippen molar-refractivity contribution in [3.63, 3.8) is 0 Å². The quantitative estimate of drug-likeness (QED) is 0.826.